The monoisotopic (exact) mass is 1060 g/mol. The van der Waals surface area contributed by atoms with Gasteiger partial charge in [0.1, 0.15) is 0 Å². The lowest BCUT2D eigenvalue weighted by Gasteiger charge is -2.28. The highest BCUT2D eigenvalue weighted by Crippen LogP contribution is 2.32. The Morgan fingerprint density at radius 1 is 0.319 bits per heavy atom. The van der Waals surface area contributed by atoms with Crippen LogP contribution in [0.15, 0.2) is 92.4 Å². The van der Waals surface area contributed by atoms with Gasteiger partial charge in [0.25, 0.3) is 0 Å². The van der Waals surface area contributed by atoms with Crippen molar-refractivity contribution in [2.24, 2.45) is 0 Å². The molecular weight excluding hydrogens is 985 g/mol. The molecule has 0 saturated carbocycles. The summed E-state index contributed by atoms with van der Waals surface area (Å²) >= 11 is 0. The number of nitrogens with zero attached hydrogens (tertiary/aromatic N) is 4. The van der Waals surface area contributed by atoms with Crippen molar-refractivity contribution in [1.29, 1.82) is 0 Å². The van der Waals surface area contributed by atoms with Gasteiger partial charge in [-0.05, 0) is 164 Å². The first kappa shape index (κ1) is 58.6. The van der Waals surface area contributed by atoms with Crippen LogP contribution in [-0.4, -0.2) is 90.2 Å². The van der Waals surface area contributed by atoms with Crippen molar-refractivity contribution in [3.63, 3.8) is 0 Å². The molecule has 394 valence electrons. The topological polar surface area (TPSA) is 150 Å². The zero-order valence-corrected chi connectivity index (χ0v) is 48.4. The zero-order valence-electron chi connectivity index (χ0n) is 45.1. The number of aryl methyl sites for hydroxylation is 12. The van der Waals surface area contributed by atoms with E-state index < -0.39 is 40.1 Å². The maximum atomic E-state index is 15.0. The van der Waals surface area contributed by atoms with Crippen molar-refractivity contribution in [1.82, 2.24) is 17.2 Å². The van der Waals surface area contributed by atoms with Crippen molar-refractivity contribution in [2.45, 2.75) is 155 Å². The molecule has 0 aliphatic rings. The van der Waals surface area contributed by atoms with Crippen LogP contribution in [0.1, 0.15) is 117 Å². The third kappa shape index (κ3) is 13.2. The first-order chi connectivity index (χ1) is 33.6. The second-order valence-corrected chi connectivity index (χ2v) is 27.3. The normalized spacial score (nSPS) is 12.8. The highest BCUT2D eigenvalue weighted by Gasteiger charge is 2.33. The lowest BCUT2D eigenvalue weighted by Crippen LogP contribution is -2.36. The summed E-state index contributed by atoms with van der Waals surface area (Å²) in [5.74, 6) is 0. The number of hydrogen-bond donors (Lipinski definition) is 0. The fraction of sp³-hybridized carbons (Fsp3) is 0.464. The van der Waals surface area contributed by atoms with Gasteiger partial charge in [0, 0.05) is 52.4 Å². The molecule has 0 aliphatic heterocycles. The average molecular weight is 1060 g/mol. The van der Waals surface area contributed by atoms with Crippen molar-refractivity contribution >= 4 is 40.1 Å². The quantitative estimate of drug-likeness (QED) is 0.0555. The molecule has 0 aromatic heterocycles. The van der Waals surface area contributed by atoms with Crippen molar-refractivity contribution in [3.8, 4) is 0 Å². The molecule has 12 nitrogen and oxygen atoms in total. The first-order valence-corrected chi connectivity index (χ1v) is 30.7. The Morgan fingerprint density at radius 3 is 0.722 bits per heavy atom. The van der Waals surface area contributed by atoms with Crippen LogP contribution in [0.5, 0.6) is 0 Å². The fourth-order valence-electron chi connectivity index (χ4n) is 10.7. The van der Waals surface area contributed by atoms with E-state index in [2.05, 4.69) is 0 Å². The summed E-state index contributed by atoms with van der Waals surface area (Å²) < 4.78 is 122. The van der Waals surface area contributed by atoms with E-state index in [1.807, 2.05) is 100 Å². The highest BCUT2D eigenvalue weighted by molar-refractivity contribution is 7.90. The number of sulfonamides is 4. The molecule has 0 radical (unpaired) electrons. The summed E-state index contributed by atoms with van der Waals surface area (Å²) in [6, 6.07) is 22.2. The minimum Gasteiger partial charge on any atom is -0.207 e. The summed E-state index contributed by atoms with van der Waals surface area (Å²) in [5, 5.41) is 0. The van der Waals surface area contributed by atoms with E-state index in [-0.39, 0.29) is 62.1 Å². The molecule has 0 saturated heterocycles. The predicted octanol–water partition coefficient (Wildman–Crippen LogP) is 10.8. The average Bonchev–Trinajstić information content (AvgIpc) is 3.23. The molecule has 0 N–H and O–H groups in total. The third-order valence-electron chi connectivity index (χ3n) is 13.5. The summed E-state index contributed by atoms with van der Waals surface area (Å²) in [7, 11) is -16.0. The van der Waals surface area contributed by atoms with Crippen molar-refractivity contribution in [2.75, 3.05) is 39.3 Å². The van der Waals surface area contributed by atoms with Gasteiger partial charge in [-0.2, -0.15) is 17.2 Å². The second-order valence-electron chi connectivity index (χ2n) is 19.8. The lowest BCUT2D eigenvalue weighted by molar-refractivity contribution is 0.361. The van der Waals surface area contributed by atoms with Gasteiger partial charge >= 0.3 is 0 Å². The summed E-state index contributed by atoms with van der Waals surface area (Å²) in [4.78, 5) is 1.01. The third-order valence-corrected chi connectivity index (χ3v) is 22.3. The van der Waals surface area contributed by atoms with Gasteiger partial charge in [-0.3, -0.25) is 0 Å². The molecular formula is C56H78N4O8S4. The van der Waals surface area contributed by atoms with Crippen LogP contribution < -0.4 is 0 Å². The minimum absolute atomic E-state index is 0.0690. The molecule has 0 unspecified atom stereocenters. The number of rotatable bonds is 24. The standard InChI is InChI=1S/C56H78N4O8S4/c1-15-57(69(61,62)53-43(7)29-39(3)30-44(53)8)25-19-21-27-59(71(65,66)55-47(11)33-41(5)34-48(55)12)37-51-23-17-18-24-52(51)38-60(72(67,68)56-49(13)35-42(6)36-50(56)14)28-22-20-26-58(16-2)70(63,64)54-45(9)31-40(4)32-46(54)10/h17-18,23-24,29-36H,15-16,19-22,25-28,37-38H2,1-14H3. The van der Waals surface area contributed by atoms with E-state index in [0.717, 1.165) is 22.3 Å². The van der Waals surface area contributed by atoms with E-state index in [1.165, 1.54) is 17.2 Å². The van der Waals surface area contributed by atoms with Crippen molar-refractivity contribution in [3.05, 3.63) is 151 Å². The van der Waals surface area contributed by atoms with Crippen LogP contribution >= 0.6 is 0 Å². The van der Waals surface area contributed by atoms with Crippen LogP contribution in [0.4, 0.5) is 0 Å². The van der Waals surface area contributed by atoms with Gasteiger partial charge in [-0.25, -0.2) is 33.7 Å². The molecule has 0 bridgehead atoms. The van der Waals surface area contributed by atoms with Crippen LogP contribution in [-0.2, 0) is 53.2 Å². The number of hydrogen-bond acceptors (Lipinski definition) is 8. The molecule has 0 aliphatic carbocycles. The van der Waals surface area contributed by atoms with Gasteiger partial charge < -0.3 is 0 Å². The Morgan fingerprint density at radius 2 is 0.514 bits per heavy atom. The Kier molecular flexibility index (Phi) is 19.5. The molecule has 0 heterocycles. The lowest BCUT2D eigenvalue weighted by atomic mass is 10.1. The molecule has 0 fully saturated rings. The maximum Gasteiger partial charge on any atom is 0.243 e. The summed E-state index contributed by atoms with van der Waals surface area (Å²) in [6.07, 6.45) is 1.48. The van der Waals surface area contributed by atoms with Gasteiger partial charge in [-0.15, -0.1) is 0 Å². The van der Waals surface area contributed by atoms with Gasteiger partial charge in [0.05, 0.1) is 19.6 Å². The SMILES string of the molecule is CCN(CCCCN(Cc1ccccc1CN(CCCCN(CC)S(=O)(=O)c1c(C)cc(C)cc1C)S(=O)(=O)c1c(C)cc(C)cc1C)S(=O)(=O)c1c(C)cc(C)cc1C)S(=O)(=O)c1c(C)cc(C)cc1C. The predicted molar refractivity (Wildman–Crippen MR) is 292 cm³/mol. The van der Waals surface area contributed by atoms with E-state index in [0.29, 0.717) is 91.1 Å². The van der Waals surface area contributed by atoms with Gasteiger partial charge in [-0.1, -0.05) is 109 Å². The van der Waals surface area contributed by atoms with Crippen molar-refractivity contribution < 1.29 is 33.7 Å². The largest absolute Gasteiger partial charge is 0.243 e. The second kappa shape index (κ2) is 24.0. The van der Waals surface area contributed by atoms with Crippen LogP contribution in [0.3, 0.4) is 0 Å². The molecule has 16 heteroatoms. The van der Waals surface area contributed by atoms with Gasteiger partial charge in [0.15, 0.2) is 0 Å². The first-order valence-electron chi connectivity index (χ1n) is 25.0. The van der Waals surface area contributed by atoms with Crippen LogP contribution in [0.2, 0.25) is 0 Å². The maximum absolute atomic E-state index is 15.0. The molecule has 5 aromatic carbocycles. The Balaban J connectivity index is 1.48. The molecule has 5 aromatic rings. The molecule has 0 atom stereocenters. The van der Waals surface area contributed by atoms with E-state index >= 15 is 16.8 Å². The Labute approximate surface area is 433 Å². The van der Waals surface area contributed by atoms with E-state index in [4.69, 9.17) is 0 Å². The minimum atomic E-state index is -4.15. The Bertz CT molecular complexity index is 2940. The Hall–Kier alpha value is -4.26. The molecule has 5 rings (SSSR count). The summed E-state index contributed by atoms with van der Waals surface area (Å²) in [6.45, 7) is 26.6. The number of benzene rings is 5. The molecule has 0 spiro atoms. The van der Waals surface area contributed by atoms with E-state index in [1.54, 1.807) is 69.2 Å². The summed E-state index contributed by atoms with van der Waals surface area (Å²) in [5.41, 5.74) is 10.2. The van der Waals surface area contributed by atoms with Crippen LogP contribution in [0.25, 0.3) is 0 Å². The number of unbranched alkanes of at least 4 members (excludes halogenated alkanes) is 2. The van der Waals surface area contributed by atoms with E-state index in [9.17, 15) is 16.8 Å². The van der Waals surface area contributed by atoms with Crippen LogP contribution in [0, 0.1) is 83.1 Å². The molecule has 0 amide bonds. The highest BCUT2D eigenvalue weighted by atomic mass is 32.2. The smallest absolute Gasteiger partial charge is 0.207 e. The molecule has 72 heavy (non-hydrogen) atoms. The van der Waals surface area contributed by atoms with Gasteiger partial charge in [0.2, 0.25) is 40.1 Å². The zero-order chi connectivity index (χ0) is 53.7. The fourth-order valence-corrected chi connectivity index (χ4v) is 18.2.